The van der Waals surface area contributed by atoms with Crippen molar-refractivity contribution in [2.45, 2.75) is 26.0 Å². The molecule has 11 heteroatoms. The second kappa shape index (κ2) is 7.64. The largest absolute Gasteiger partial charge is 0.432 e. The molecule has 1 amide bonds. The van der Waals surface area contributed by atoms with Gasteiger partial charge < -0.3 is 10.1 Å². The first-order chi connectivity index (χ1) is 11.8. The second-order valence-corrected chi connectivity index (χ2v) is 4.87. The van der Waals surface area contributed by atoms with E-state index in [-0.39, 0.29) is 17.8 Å². The number of aromatic nitrogens is 2. The Hall–Kier alpha value is -3.11. The van der Waals surface area contributed by atoms with Crippen molar-refractivity contribution in [3.63, 3.8) is 0 Å². The lowest BCUT2D eigenvalue weighted by molar-refractivity contribution is -0.385. The molecule has 0 fully saturated rings. The molecule has 1 heterocycles. The molecule has 2 aromatic rings. The van der Waals surface area contributed by atoms with Crippen molar-refractivity contribution in [1.82, 2.24) is 9.78 Å². The van der Waals surface area contributed by atoms with Gasteiger partial charge in [-0.1, -0.05) is 6.92 Å². The van der Waals surface area contributed by atoms with E-state index in [9.17, 15) is 28.1 Å². The summed E-state index contributed by atoms with van der Waals surface area (Å²) in [7, 11) is 0. The minimum atomic E-state index is -3.20. The van der Waals surface area contributed by atoms with E-state index in [1.807, 2.05) is 0 Å². The molecule has 0 aliphatic rings. The van der Waals surface area contributed by atoms with Gasteiger partial charge in [0.2, 0.25) is 5.91 Å². The van der Waals surface area contributed by atoms with E-state index in [0.717, 1.165) is 29.2 Å². The predicted molar refractivity (Wildman–Crippen MR) is 79.9 cm³/mol. The zero-order valence-corrected chi connectivity index (χ0v) is 12.9. The number of amides is 1. The molecule has 1 atom stereocenters. The highest BCUT2D eigenvalue weighted by Crippen LogP contribution is 2.28. The quantitative estimate of drug-likeness (QED) is 0.605. The topological polar surface area (TPSA) is 99.3 Å². The number of nitrogens with one attached hydrogen (secondary N) is 1. The van der Waals surface area contributed by atoms with Crippen LogP contribution in [-0.2, 0) is 4.79 Å². The van der Waals surface area contributed by atoms with Crippen molar-refractivity contribution in [2.24, 2.45) is 0 Å². The fourth-order valence-corrected chi connectivity index (χ4v) is 2.09. The number of nitrogens with zero attached hydrogens (tertiary/aromatic N) is 3. The summed E-state index contributed by atoms with van der Waals surface area (Å²) in [5.41, 5.74) is -0.457. The molecule has 1 N–H and O–H groups in total. The number of benzene rings is 1. The van der Waals surface area contributed by atoms with E-state index >= 15 is 0 Å². The first kappa shape index (κ1) is 18.2. The van der Waals surface area contributed by atoms with E-state index in [1.54, 1.807) is 6.92 Å². The summed E-state index contributed by atoms with van der Waals surface area (Å²) in [5, 5.41) is 16.8. The maximum Gasteiger partial charge on any atom is 0.387 e. The minimum absolute atomic E-state index is 0.160. The van der Waals surface area contributed by atoms with Crippen LogP contribution < -0.4 is 10.1 Å². The van der Waals surface area contributed by atoms with Crippen LogP contribution in [0.25, 0.3) is 0 Å². The predicted octanol–water partition coefficient (Wildman–Crippen LogP) is 3.12. The lowest BCUT2D eigenvalue weighted by Crippen LogP contribution is -2.26. The van der Waals surface area contributed by atoms with Gasteiger partial charge in [0.15, 0.2) is 5.75 Å². The van der Waals surface area contributed by atoms with Gasteiger partial charge in [-0.2, -0.15) is 13.9 Å². The molecule has 1 aromatic heterocycles. The number of halogens is 3. The first-order valence-corrected chi connectivity index (χ1v) is 7.05. The van der Waals surface area contributed by atoms with Crippen LogP contribution in [0.1, 0.15) is 19.4 Å². The Bertz CT molecular complexity index is 781. The lowest BCUT2D eigenvalue weighted by Gasteiger charge is -2.17. The molecule has 0 saturated heterocycles. The third kappa shape index (κ3) is 4.46. The summed E-state index contributed by atoms with van der Waals surface area (Å²) in [4.78, 5) is 22.4. The van der Waals surface area contributed by atoms with Gasteiger partial charge >= 0.3 is 12.3 Å². The van der Waals surface area contributed by atoms with Gasteiger partial charge in [0.05, 0.1) is 10.6 Å². The van der Waals surface area contributed by atoms with Crippen LogP contribution >= 0.6 is 0 Å². The van der Waals surface area contributed by atoms with Crippen molar-refractivity contribution >= 4 is 17.3 Å². The van der Waals surface area contributed by atoms with Crippen LogP contribution in [0, 0.1) is 15.9 Å². The van der Waals surface area contributed by atoms with Gasteiger partial charge in [-0.05, 0) is 18.6 Å². The summed E-state index contributed by atoms with van der Waals surface area (Å²) in [5.74, 6) is -2.03. The van der Waals surface area contributed by atoms with Gasteiger partial charge in [-0.3, -0.25) is 19.6 Å². The molecule has 2 rings (SSSR count). The molecule has 0 aliphatic carbocycles. The lowest BCUT2D eigenvalue weighted by atomic mass is 10.2. The number of anilines is 1. The molecule has 0 bridgehead atoms. The number of rotatable bonds is 7. The van der Waals surface area contributed by atoms with E-state index in [0.29, 0.717) is 6.07 Å². The fourth-order valence-electron chi connectivity index (χ4n) is 2.09. The smallest absolute Gasteiger partial charge is 0.387 e. The Kier molecular flexibility index (Phi) is 5.57. The van der Waals surface area contributed by atoms with Crippen LogP contribution in [0.4, 0.5) is 24.5 Å². The Morgan fingerprint density at radius 2 is 2.20 bits per heavy atom. The number of alkyl halides is 2. The molecule has 8 nitrogen and oxygen atoms in total. The molecule has 0 spiro atoms. The number of hydrogen-bond acceptors (Lipinski definition) is 5. The third-order valence-electron chi connectivity index (χ3n) is 3.22. The molecule has 0 aliphatic heterocycles. The molecular weight excluding hydrogens is 345 g/mol. The van der Waals surface area contributed by atoms with Crippen LogP contribution in [0.2, 0.25) is 0 Å². The average Bonchev–Trinajstić information content (AvgIpc) is 3.00. The molecular formula is C14H13F3N4O4. The number of nitro groups is 1. The van der Waals surface area contributed by atoms with Crippen molar-refractivity contribution in [1.29, 1.82) is 0 Å². The van der Waals surface area contributed by atoms with E-state index < -0.39 is 35.1 Å². The standard InChI is InChI=1S/C14H13F3N4O4/c1-2-11(20-7-9(6-18-20)21(23)24)13(22)19-10-4-3-8(15)5-12(10)25-14(16)17/h3-7,11,14H,2H2,1H3,(H,19,22). The van der Waals surface area contributed by atoms with Gasteiger partial charge in [0.1, 0.15) is 24.3 Å². The van der Waals surface area contributed by atoms with Crippen molar-refractivity contribution in [3.05, 3.63) is 46.5 Å². The number of carbonyl (C=O) groups is 1. The minimum Gasteiger partial charge on any atom is -0.432 e. The van der Waals surface area contributed by atoms with E-state index in [4.69, 9.17) is 0 Å². The highest BCUT2D eigenvalue weighted by Gasteiger charge is 2.23. The Labute approximate surface area is 139 Å². The normalized spacial score (nSPS) is 12.0. The zero-order chi connectivity index (χ0) is 18.6. The van der Waals surface area contributed by atoms with Gasteiger partial charge in [-0.15, -0.1) is 0 Å². The summed E-state index contributed by atoms with van der Waals surface area (Å²) < 4.78 is 43.3. The molecule has 25 heavy (non-hydrogen) atoms. The summed E-state index contributed by atoms with van der Waals surface area (Å²) in [6, 6.07) is 1.82. The van der Waals surface area contributed by atoms with Crippen LogP contribution in [-0.4, -0.2) is 27.2 Å². The van der Waals surface area contributed by atoms with Crippen LogP contribution in [0.15, 0.2) is 30.6 Å². The van der Waals surface area contributed by atoms with Gasteiger partial charge in [0.25, 0.3) is 0 Å². The summed E-state index contributed by atoms with van der Waals surface area (Å²) in [6.07, 6.45) is 2.28. The molecule has 0 saturated carbocycles. The molecule has 1 unspecified atom stereocenters. The highest BCUT2D eigenvalue weighted by molar-refractivity contribution is 5.95. The van der Waals surface area contributed by atoms with Gasteiger partial charge in [-0.25, -0.2) is 4.39 Å². The average molecular weight is 358 g/mol. The maximum atomic E-state index is 13.2. The number of hydrogen-bond donors (Lipinski definition) is 1. The van der Waals surface area contributed by atoms with E-state index in [2.05, 4.69) is 15.2 Å². The molecule has 1 aromatic carbocycles. The van der Waals surface area contributed by atoms with Crippen molar-refractivity contribution in [2.75, 3.05) is 5.32 Å². The van der Waals surface area contributed by atoms with Crippen molar-refractivity contribution in [3.8, 4) is 5.75 Å². The third-order valence-corrected chi connectivity index (χ3v) is 3.22. The van der Waals surface area contributed by atoms with Crippen molar-refractivity contribution < 1.29 is 27.6 Å². The van der Waals surface area contributed by atoms with Crippen LogP contribution in [0.5, 0.6) is 5.75 Å². The summed E-state index contributed by atoms with van der Waals surface area (Å²) >= 11 is 0. The maximum absolute atomic E-state index is 13.2. The fraction of sp³-hybridized carbons (Fsp3) is 0.286. The Morgan fingerprint density at radius 1 is 1.48 bits per heavy atom. The number of ether oxygens (including phenoxy) is 1. The summed E-state index contributed by atoms with van der Waals surface area (Å²) in [6.45, 7) is -1.56. The second-order valence-electron chi connectivity index (χ2n) is 4.87. The monoisotopic (exact) mass is 358 g/mol. The first-order valence-electron chi connectivity index (χ1n) is 7.05. The van der Waals surface area contributed by atoms with E-state index in [1.165, 1.54) is 0 Å². The van der Waals surface area contributed by atoms with Gasteiger partial charge in [0, 0.05) is 6.07 Å². The van der Waals surface area contributed by atoms with Crippen LogP contribution in [0.3, 0.4) is 0 Å². The number of carbonyl (C=O) groups excluding carboxylic acids is 1. The molecule has 0 radical (unpaired) electrons. The zero-order valence-electron chi connectivity index (χ0n) is 12.9. The SMILES string of the molecule is CCC(C(=O)Nc1ccc(F)cc1OC(F)F)n1cc([N+](=O)[O-])cn1. The molecule has 134 valence electrons. The Balaban J connectivity index is 2.23. The Morgan fingerprint density at radius 3 is 2.76 bits per heavy atom. The highest BCUT2D eigenvalue weighted by atomic mass is 19.3.